The number of carbonyl (C=O) groups is 1. The topological polar surface area (TPSA) is 69.8 Å². The van der Waals surface area contributed by atoms with Crippen LogP contribution in [0.3, 0.4) is 0 Å². The smallest absolute Gasteiger partial charge is 0.240 e. The number of nitrogens with one attached hydrogen (secondary N) is 2. The van der Waals surface area contributed by atoms with E-state index in [4.69, 9.17) is 5.26 Å². The maximum atomic E-state index is 11.7. The first-order valence-corrected chi connectivity index (χ1v) is 6.11. The van der Waals surface area contributed by atoms with Crippen LogP contribution in [0, 0.1) is 11.3 Å². The van der Waals surface area contributed by atoms with Crippen molar-refractivity contribution >= 4 is 16.8 Å². The minimum Gasteiger partial charge on any atom is -0.341 e. The van der Waals surface area contributed by atoms with E-state index in [0.29, 0.717) is 0 Å². The quantitative estimate of drug-likeness (QED) is 0.784. The molecule has 1 aromatic heterocycles. The average Bonchev–Trinajstić information content (AvgIpc) is 2.81. The van der Waals surface area contributed by atoms with Crippen molar-refractivity contribution in [3.8, 4) is 6.07 Å². The molecule has 2 rings (SSSR count). The van der Waals surface area contributed by atoms with E-state index in [1.807, 2.05) is 48.1 Å². The summed E-state index contributed by atoms with van der Waals surface area (Å²) >= 11 is 0. The molecule has 0 saturated heterocycles. The van der Waals surface area contributed by atoms with Crippen molar-refractivity contribution in [1.29, 1.82) is 5.26 Å². The highest BCUT2D eigenvalue weighted by Crippen LogP contribution is 2.20. The molecule has 0 aliphatic heterocycles. The lowest BCUT2D eigenvalue weighted by Gasteiger charge is -2.09. The molecule has 0 radical (unpaired) electrons. The number of hydrogen-bond donors (Lipinski definition) is 2. The van der Waals surface area contributed by atoms with Gasteiger partial charge in [-0.3, -0.25) is 4.79 Å². The molecule has 0 atom stereocenters. The molecule has 0 fully saturated rings. The van der Waals surface area contributed by atoms with Crippen molar-refractivity contribution in [1.82, 2.24) is 15.2 Å². The zero-order valence-electron chi connectivity index (χ0n) is 10.8. The molecule has 5 heteroatoms. The Morgan fingerprint density at radius 1 is 1.42 bits per heavy atom. The standard InChI is InChI=1S/C14H16N4O/c1-16-9-12-4-2-3-11-5-8-18(14(11)12)10-13(19)17-7-6-15/h2-5,8,16H,7,9-10H2,1H3,(H,17,19). The number of hydrogen-bond acceptors (Lipinski definition) is 3. The van der Waals surface area contributed by atoms with Crippen LogP contribution >= 0.6 is 0 Å². The van der Waals surface area contributed by atoms with Gasteiger partial charge >= 0.3 is 0 Å². The summed E-state index contributed by atoms with van der Waals surface area (Å²) in [4.78, 5) is 11.7. The second-order valence-corrected chi connectivity index (χ2v) is 4.26. The van der Waals surface area contributed by atoms with Gasteiger partial charge in [0.1, 0.15) is 13.1 Å². The van der Waals surface area contributed by atoms with Crippen LogP contribution in [-0.2, 0) is 17.9 Å². The van der Waals surface area contributed by atoms with Crippen molar-refractivity contribution in [2.24, 2.45) is 0 Å². The van der Waals surface area contributed by atoms with Crippen LogP contribution in [0.25, 0.3) is 10.9 Å². The first kappa shape index (κ1) is 13.1. The Kier molecular flexibility index (Phi) is 4.16. The number of carbonyl (C=O) groups excluding carboxylic acids is 1. The minimum absolute atomic E-state index is 0.0431. The molecular weight excluding hydrogens is 240 g/mol. The Balaban J connectivity index is 2.28. The van der Waals surface area contributed by atoms with Gasteiger partial charge in [-0.1, -0.05) is 18.2 Å². The molecule has 0 saturated carbocycles. The summed E-state index contributed by atoms with van der Waals surface area (Å²) in [5.41, 5.74) is 2.21. The normalized spacial score (nSPS) is 10.3. The molecule has 0 aliphatic carbocycles. The third-order valence-electron chi connectivity index (χ3n) is 2.92. The molecule has 0 aliphatic rings. The molecule has 0 spiro atoms. The molecule has 2 aromatic rings. The number of rotatable bonds is 5. The van der Waals surface area contributed by atoms with Crippen molar-refractivity contribution in [2.75, 3.05) is 13.6 Å². The number of fused-ring (bicyclic) bond motifs is 1. The highest BCUT2D eigenvalue weighted by Gasteiger charge is 2.09. The fraction of sp³-hybridized carbons (Fsp3) is 0.286. The fourth-order valence-corrected chi connectivity index (χ4v) is 2.15. The van der Waals surface area contributed by atoms with E-state index in [9.17, 15) is 4.79 Å². The van der Waals surface area contributed by atoms with Gasteiger partial charge in [-0.2, -0.15) is 5.26 Å². The van der Waals surface area contributed by atoms with Gasteiger partial charge in [-0.15, -0.1) is 0 Å². The van der Waals surface area contributed by atoms with Gasteiger partial charge in [-0.25, -0.2) is 0 Å². The first-order valence-electron chi connectivity index (χ1n) is 6.11. The molecule has 5 nitrogen and oxygen atoms in total. The number of aromatic nitrogens is 1. The minimum atomic E-state index is -0.154. The summed E-state index contributed by atoms with van der Waals surface area (Å²) in [7, 11) is 1.89. The van der Waals surface area contributed by atoms with Crippen molar-refractivity contribution in [2.45, 2.75) is 13.1 Å². The van der Waals surface area contributed by atoms with E-state index < -0.39 is 0 Å². The predicted octanol–water partition coefficient (Wildman–Crippen LogP) is 1.00. The van der Waals surface area contributed by atoms with Gasteiger partial charge in [0.15, 0.2) is 0 Å². The van der Waals surface area contributed by atoms with Gasteiger partial charge in [0.05, 0.1) is 11.6 Å². The molecule has 19 heavy (non-hydrogen) atoms. The number of nitrogens with zero attached hydrogens (tertiary/aromatic N) is 2. The molecule has 2 N–H and O–H groups in total. The van der Waals surface area contributed by atoms with Crippen LogP contribution < -0.4 is 10.6 Å². The number of benzene rings is 1. The largest absolute Gasteiger partial charge is 0.341 e. The highest BCUT2D eigenvalue weighted by molar-refractivity contribution is 5.85. The fourth-order valence-electron chi connectivity index (χ4n) is 2.15. The summed E-state index contributed by atoms with van der Waals surface area (Å²) in [6, 6.07) is 9.97. The Morgan fingerprint density at radius 3 is 3.00 bits per heavy atom. The second-order valence-electron chi connectivity index (χ2n) is 4.26. The number of para-hydroxylation sites is 1. The monoisotopic (exact) mass is 256 g/mol. The van der Waals surface area contributed by atoms with Gasteiger partial charge in [0.25, 0.3) is 0 Å². The van der Waals surface area contributed by atoms with Gasteiger partial charge in [-0.05, 0) is 24.1 Å². The zero-order valence-corrected chi connectivity index (χ0v) is 10.8. The lowest BCUT2D eigenvalue weighted by molar-refractivity contribution is -0.121. The maximum absolute atomic E-state index is 11.7. The van der Waals surface area contributed by atoms with Crippen LogP contribution in [0.15, 0.2) is 30.5 Å². The Morgan fingerprint density at radius 2 is 2.26 bits per heavy atom. The Bertz CT molecular complexity index is 624. The number of nitriles is 1. The van der Waals surface area contributed by atoms with Gasteiger partial charge in [0, 0.05) is 12.7 Å². The summed E-state index contributed by atoms with van der Waals surface area (Å²) in [5, 5.41) is 15.2. The lowest BCUT2D eigenvalue weighted by Crippen LogP contribution is -2.27. The van der Waals surface area contributed by atoms with Crippen LogP contribution in [0.1, 0.15) is 5.56 Å². The second kappa shape index (κ2) is 6.03. The molecular formula is C14H16N4O. The van der Waals surface area contributed by atoms with Gasteiger partial charge < -0.3 is 15.2 Å². The SMILES string of the molecule is CNCc1cccc2ccn(CC(=O)NCC#N)c12. The first-order chi connectivity index (χ1) is 9.26. The van der Waals surface area contributed by atoms with E-state index in [2.05, 4.69) is 10.6 Å². The number of amides is 1. The predicted molar refractivity (Wildman–Crippen MR) is 73.3 cm³/mol. The summed E-state index contributed by atoms with van der Waals surface area (Å²) in [5.74, 6) is -0.154. The van der Waals surface area contributed by atoms with Crippen LogP contribution in [0.2, 0.25) is 0 Å². The Labute approximate surface area is 111 Å². The summed E-state index contributed by atoms with van der Waals surface area (Å²) in [6.07, 6.45) is 1.90. The van der Waals surface area contributed by atoms with E-state index >= 15 is 0 Å². The lowest BCUT2D eigenvalue weighted by atomic mass is 10.1. The molecule has 0 bridgehead atoms. The van der Waals surface area contributed by atoms with Crippen LogP contribution in [0.5, 0.6) is 0 Å². The van der Waals surface area contributed by atoms with Crippen molar-refractivity contribution < 1.29 is 4.79 Å². The van der Waals surface area contributed by atoms with E-state index in [0.717, 1.165) is 23.0 Å². The zero-order chi connectivity index (χ0) is 13.7. The molecule has 1 amide bonds. The van der Waals surface area contributed by atoms with Crippen LogP contribution in [0.4, 0.5) is 0 Å². The molecule has 0 unspecified atom stereocenters. The van der Waals surface area contributed by atoms with Gasteiger partial charge in [0.2, 0.25) is 5.91 Å². The van der Waals surface area contributed by atoms with Crippen molar-refractivity contribution in [3.63, 3.8) is 0 Å². The summed E-state index contributed by atoms with van der Waals surface area (Å²) in [6.45, 7) is 1.02. The Hall–Kier alpha value is -2.32. The third-order valence-corrected chi connectivity index (χ3v) is 2.92. The third kappa shape index (κ3) is 2.92. The van der Waals surface area contributed by atoms with E-state index in [1.165, 1.54) is 0 Å². The molecule has 98 valence electrons. The van der Waals surface area contributed by atoms with Crippen molar-refractivity contribution in [3.05, 3.63) is 36.0 Å². The summed E-state index contributed by atoms with van der Waals surface area (Å²) < 4.78 is 1.91. The average molecular weight is 256 g/mol. The van der Waals surface area contributed by atoms with E-state index in [1.54, 1.807) is 0 Å². The maximum Gasteiger partial charge on any atom is 0.240 e. The van der Waals surface area contributed by atoms with Crippen LogP contribution in [-0.4, -0.2) is 24.1 Å². The van der Waals surface area contributed by atoms with E-state index in [-0.39, 0.29) is 19.0 Å². The highest BCUT2D eigenvalue weighted by atomic mass is 16.1. The molecule has 1 aromatic carbocycles. The molecule has 1 heterocycles.